The summed E-state index contributed by atoms with van der Waals surface area (Å²) in [7, 11) is -3.63. The second-order valence-corrected chi connectivity index (χ2v) is 8.06. The van der Waals surface area contributed by atoms with Crippen molar-refractivity contribution in [2.24, 2.45) is 5.41 Å². The van der Waals surface area contributed by atoms with Crippen molar-refractivity contribution in [3.8, 4) is 0 Å². The van der Waals surface area contributed by atoms with Crippen LogP contribution in [0.2, 0.25) is 0 Å². The van der Waals surface area contributed by atoms with Crippen LogP contribution in [-0.4, -0.2) is 30.9 Å². The molecule has 1 aromatic rings. The first-order chi connectivity index (χ1) is 9.17. The summed E-state index contributed by atoms with van der Waals surface area (Å²) in [5, 5.41) is 9.13. The number of rotatable bonds is 3. The van der Waals surface area contributed by atoms with Crippen LogP contribution in [0.3, 0.4) is 0 Å². The quantitative estimate of drug-likeness (QED) is 0.929. The van der Waals surface area contributed by atoms with Gasteiger partial charge in [0.05, 0.1) is 11.5 Å². The van der Waals surface area contributed by atoms with E-state index in [9.17, 15) is 12.8 Å². The van der Waals surface area contributed by atoms with E-state index in [1.807, 2.05) is 13.8 Å². The summed E-state index contributed by atoms with van der Waals surface area (Å²) in [6.07, 6.45) is 0.805. The van der Waals surface area contributed by atoms with Crippen LogP contribution < -0.4 is 0 Å². The summed E-state index contributed by atoms with van der Waals surface area (Å²) in [5.74, 6) is -0.548. The molecule has 1 fully saturated rings. The molecule has 2 rings (SSSR count). The van der Waals surface area contributed by atoms with Crippen LogP contribution in [0.4, 0.5) is 4.39 Å². The van der Waals surface area contributed by atoms with Gasteiger partial charge in [0, 0.05) is 18.7 Å². The Labute approximate surface area is 119 Å². The van der Waals surface area contributed by atoms with Crippen molar-refractivity contribution in [2.45, 2.75) is 38.7 Å². The Morgan fingerprint density at radius 2 is 2.05 bits per heavy atom. The van der Waals surface area contributed by atoms with Gasteiger partial charge in [-0.15, -0.1) is 0 Å². The largest absolute Gasteiger partial charge is 0.392 e. The van der Waals surface area contributed by atoms with E-state index in [1.54, 1.807) is 0 Å². The zero-order chi connectivity index (χ0) is 15.1. The summed E-state index contributed by atoms with van der Waals surface area (Å²) in [6.45, 7) is 5.97. The number of sulfonamides is 1. The maximum Gasteiger partial charge on any atom is 0.243 e. The third-order valence-corrected chi connectivity index (χ3v) is 5.58. The van der Waals surface area contributed by atoms with Crippen molar-refractivity contribution in [1.82, 2.24) is 4.31 Å². The lowest BCUT2D eigenvalue weighted by molar-refractivity contribution is 0.275. The summed E-state index contributed by atoms with van der Waals surface area (Å²) < 4.78 is 40.3. The minimum absolute atomic E-state index is 0.0158. The molecule has 0 amide bonds. The van der Waals surface area contributed by atoms with E-state index < -0.39 is 22.4 Å². The summed E-state index contributed by atoms with van der Waals surface area (Å²) in [4.78, 5) is 0.0538. The molecule has 1 heterocycles. The van der Waals surface area contributed by atoms with Crippen LogP contribution in [0.5, 0.6) is 0 Å². The molecule has 0 saturated carbocycles. The van der Waals surface area contributed by atoms with Crippen LogP contribution >= 0.6 is 0 Å². The first-order valence-electron chi connectivity index (χ1n) is 6.57. The predicted octanol–water partition coefficient (Wildman–Crippen LogP) is 2.05. The first kappa shape index (κ1) is 15.4. The molecule has 0 radical (unpaired) electrons. The maximum atomic E-state index is 13.7. The molecule has 20 heavy (non-hydrogen) atoms. The second-order valence-electron chi connectivity index (χ2n) is 6.12. The van der Waals surface area contributed by atoms with Gasteiger partial charge in [0.2, 0.25) is 10.0 Å². The molecule has 0 spiro atoms. The molecular weight excluding hydrogens is 281 g/mol. The van der Waals surface area contributed by atoms with E-state index in [-0.39, 0.29) is 21.4 Å². The van der Waals surface area contributed by atoms with Crippen LogP contribution in [0, 0.1) is 18.2 Å². The zero-order valence-electron chi connectivity index (χ0n) is 12.0. The van der Waals surface area contributed by atoms with Gasteiger partial charge < -0.3 is 5.11 Å². The van der Waals surface area contributed by atoms with Crippen molar-refractivity contribution in [3.63, 3.8) is 0 Å². The van der Waals surface area contributed by atoms with Gasteiger partial charge in [-0.2, -0.15) is 4.31 Å². The Kier molecular flexibility index (Phi) is 3.92. The molecule has 0 bridgehead atoms. The molecule has 0 unspecified atom stereocenters. The normalized spacial score (nSPS) is 19.4. The number of nitrogens with zero attached hydrogens (tertiary/aromatic N) is 1. The molecule has 1 aliphatic heterocycles. The van der Waals surface area contributed by atoms with E-state index in [0.29, 0.717) is 13.1 Å². The topological polar surface area (TPSA) is 57.6 Å². The highest BCUT2D eigenvalue weighted by atomic mass is 32.2. The molecule has 112 valence electrons. The second kappa shape index (κ2) is 5.09. The van der Waals surface area contributed by atoms with Gasteiger partial charge in [0.1, 0.15) is 5.82 Å². The molecule has 1 N–H and O–H groups in total. The molecule has 0 aliphatic carbocycles. The lowest BCUT2D eigenvalue weighted by Crippen LogP contribution is -2.30. The molecule has 1 saturated heterocycles. The Bertz CT molecular complexity index is 626. The Hall–Kier alpha value is -0.980. The smallest absolute Gasteiger partial charge is 0.243 e. The lowest BCUT2D eigenvalue weighted by atomic mass is 9.93. The van der Waals surface area contributed by atoms with E-state index in [0.717, 1.165) is 6.42 Å². The fraction of sp³-hybridized carbons (Fsp3) is 0.571. The van der Waals surface area contributed by atoms with Gasteiger partial charge in [-0.1, -0.05) is 13.8 Å². The van der Waals surface area contributed by atoms with Crippen molar-refractivity contribution in [1.29, 1.82) is 0 Å². The number of halogens is 1. The summed E-state index contributed by atoms with van der Waals surface area (Å²) in [5.41, 5.74) is 0.206. The van der Waals surface area contributed by atoms with Crippen LogP contribution in [-0.2, 0) is 16.6 Å². The minimum Gasteiger partial charge on any atom is -0.392 e. The zero-order valence-corrected chi connectivity index (χ0v) is 12.8. The Morgan fingerprint density at radius 3 is 2.55 bits per heavy atom. The third-order valence-electron chi connectivity index (χ3n) is 3.75. The lowest BCUT2D eigenvalue weighted by Gasteiger charge is -2.20. The minimum atomic E-state index is -3.63. The highest BCUT2D eigenvalue weighted by Gasteiger charge is 2.37. The standard InChI is InChI=1S/C14H20FNO3S/c1-10-6-12(7-11(8-17)13(10)15)20(18,19)16-5-4-14(2,3)9-16/h6-7,17H,4-5,8-9H2,1-3H3. The monoisotopic (exact) mass is 301 g/mol. The van der Waals surface area contributed by atoms with E-state index in [4.69, 9.17) is 5.11 Å². The molecule has 1 aromatic carbocycles. The molecule has 0 atom stereocenters. The van der Waals surface area contributed by atoms with Gasteiger partial charge in [-0.25, -0.2) is 12.8 Å². The molecule has 6 heteroatoms. The summed E-state index contributed by atoms with van der Waals surface area (Å²) in [6, 6.07) is 2.55. The van der Waals surface area contributed by atoms with Gasteiger partial charge in [-0.3, -0.25) is 0 Å². The van der Waals surface area contributed by atoms with Gasteiger partial charge >= 0.3 is 0 Å². The summed E-state index contributed by atoms with van der Waals surface area (Å²) >= 11 is 0. The average Bonchev–Trinajstić information content (AvgIpc) is 2.73. The number of benzene rings is 1. The molecular formula is C14H20FNO3S. The van der Waals surface area contributed by atoms with Crippen molar-refractivity contribution in [2.75, 3.05) is 13.1 Å². The Morgan fingerprint density at radius 1 is 1.40 bits per heavy atom. The van der Waals surface area contributed by atoms with Crippen molar-refractivity contribution >= 4 is 10.0 Å². The third kappa shape index (κ3) is 2.73. The number of aryl methyl sites for hydroxylation is 1. The van der Waals surface area contributed by atoms with Gasteiger partial charge in [0.15, 0.2) is 0 Å². The highest BCUT2D eigenvalue weighted by Crippen LogP contribution is 2.33. The SMILES string of the molecule is Cc1cc(S(=O)(=O)N2CCC(C)(C)C2)cc(CO)c1F. The molecule has 0 aromatic heterocycles. The number of aliphatic hydroxyl groups excluding tert-OH is 1. The van der Waals surface area contributed by atoms with Crippen molar-refractivity contribution in [3.05, 3.63) is 29.1 Å². The number of aliphatic hydroxyl groups is 1. The van der Waals surface area contributed by atoms with E-state index >= 15 is 0 Å². The van der Waals surface area contributed by atoms with Crippen LogP contribution in [0.25, 0.3) is 0 Å². The van der Waals surface area contributed by atoms with Gasteiger partial charge in [-0.05, 0) is 36.5 Å². The highest BCUT2D eigenvalue weighted by molar-refractivity contribution is 7.89. The maximum absolute atomic E-state index is 13.7. The van der Waals surface area contributed by atoms with Crippen LogP contribution in [0.15, 0.2) is 17.0 Å². The van der Waals surface area contributed by atoms with Crippen molar-refractivity contribution < 1.29 is 17.9 Å². The molecule has 4 nitrogen and oxygen atoms in total. The van der Waals surface area contributed by atoms with Crippen LogP contribution in [0.1, 0.15) is 31.4 Å². The van der Waals surface area contributed by atoms with E-state index in [2.05, 4.69) is 0 Å². The number of hydrogen-bond acceptors (Lipinski definition) is 3. The van der Waals surface area contributed by atoms with E-state index in [1.165, 1.54) is 23.4 Å². The average molecular weight is 301 g/mol. The fourth-order valence-electron chi connectivity index (χ4n) is 2.49. The van der Waals surface area contributed by atoms with Gasteiger partial charge in [0.25, 0.3) is 0 Å². The first-order valence-corrected chi connectivity index (χ1v) is 8.01. The number of hydrogen-bond donors (Lipinski definition) is 1. The predicted molar refractivity (Wildman–Crippen MR) is 74.2 cm³/mol. The Balaban J connectivity index is 2.43. The molecule has 1 aliphatic rings. The fourth-order valence-corrected chi connectivity index (χ4v) is 4.25.